The van der Waals surface area contributed by atoms with Crippen molar-refractivity contribution in [3.05, 3.63) is 59.9 Å². The van der Waals surface area contributed by atoms with Crippen LogP contribution < -0.4 is 14.8 Å². The van der Waals surface area contributed by atoms with Crippen LogP contribution in [0.15, 0.2) is 53.0 Å². The van der Waals surface area contributed by atoms with E-state index < -0.39 is 5.97 Å². The van der Waals surface area contributed by atoms with Crippen LogP contribution in [0.3, 0.4) is 0 Å². The molecule has 0 spiro atoms. The van der Waals surface area contributed by atoms with Crippen LogP contribution in [0, 0.1) is 5.41 Å². The number of anilines is 1. The third-order valence-corrected chi connectivity index (χ3v) is 5.17. The molecule has 1 aliphatic heterocycles. The number of carbonyl (C=O) groups excluding carboxylic acids is 1. The Bertz CT molecular complexity index is 1140. The Morgan fingerprint density at radius 3 is 2.77 bits per heavy atom. The summed E-state index contributed by atoms with van der Waals surface area (Å²) in [4.78, 5) is 11.9. The summed E-state index contributed by atoms with van der Waals surface area (Å²) in [6.45, 7) is 7.61. The van der Waals surface area contributed by atoms with Crippen molar-refractivity contribution in [3.8, 4) is 11.5 Å². The Balaban J connectivity index is 1.59. The first-order valence-corrected chi connectivity index (χ1v) is 10.4. The van der Waals surface area contributed by atoms with Crippen molar-refractivity contribution in [1.29, 1.82) is 0 Å². The fourth-order valence-electron chi connectivity index (χ4n) is 3.67. The molecule has 0 amide bonds. The van der Waals surface area contributed by atoms with Gasteiger partial charge in [0.2, 0.25) is 5.76 Å². The van der Waals surface area contributed by atoms with Crippen LogP contribution in [0.2, 0.25) is 0 Å². The Labute approximate surface area is 181 Å². The summed E-state index contributed by atoms with van der Waals surface area (Å²) in [5.41, 5.74) is 3.62. The summed E-state index contributed by atoms with van der Waals surface area (Å²) in [5, 5.41) is 4.33. The predicted octanol–water partition coefficient (Wildman–Crippen LogP) is 5.53. The highest BCUT2D eigenvalue weighted by Gasteiger charge is 2.24. The molecule has 2 heterocycles. The summed E-state index contributed by atoms with van der Waals surface area (Å²) in [6.07, 6.45) is 2.25. The smallest absolute Gasteiger partial charge is 0.374 e. The lowest BCUT2D eigenvalue weighted by Gasteiger charge is -2.19. The first kappa shape index (κ1) is 20.8. The molecule has 0 saturated heterocycles. The Morgan fingerprint density at radius 2 is 2.00 bits per heavy atom. The fraction of sp³-hybridized carbons (Fsp3) is 0.320. The molecule has 1 aromatic heterocycles. The van der Waals surface area contributed by atoms with Crippen molar-refractivity contribution in [3.63, 3.8) is 0 Å². The molecule has 6 nitrogen and oxygen atoms in total. The first-order valence-electron chi connectivity index (χ1n) is 10.4. The van der Waals surface area contributed by atoms with E-state index in [1.807, 2.05) is 36.4 Å². The average molecular weight is 421 g/mol. The number of hydrogen-bond acceptors (Lipinski definition) is 6. The number of methoxy groups -OCH3 is 1. The van der Waals surface area contributed by atoms with Gasteiger partial charge < -0.3 is 23.9 Å². The number of hydrogen-bond donors (Lipinski definition) is 1. The van der Waals surface area contributed by atoms with E-state index in [2.05, 4.69) is 25.2 Å². The molecule has 0 saturated carbocycles. The molecule has 0 aliphatic carbocycles. The molecule has 3 aromatic rings. The van der Waals surface area contributed by atoms with Gasteiger partial charge in [-0.1, -0.05) is 19.9 Å². The molecule has 162 valence electrons. The average Bonchev–Trinajstić information content (AvgIpc) is 3.13. The minimum atomic E-state index is -0.454. The maximum Gasteiger partial charge on any atom is 0.374 e. The van der Waals surface area contributed by atoms with E-state index in [1.54, 1.807) is 20.1 Å². The molecule has 0 radical (unpaired) electrons. The maximum absolute atomic E-state index is 11.9. The fourth-order valence-corrected chi connectivity index (χ4v) is 3.67. The lowest BCUT2D eigenvalue weighted by molar-refractivity contribution is 0.0492. The van der Waals surface area contributed by atoms with Crippen LogP contribution in [0.25, 0.3) is 16.5 Å². The second kappa shape index (κ2) is 8.38. The Morgan fingerprint density at radius 1 is 1.16 bits per heavy atom. The summed E-state index contributed by atoms with van der Waals surface area (Å²) in [5.74, 6) is 1.40. The van der Waals surface area contributed by atoms with Crippen LogP contribution in [0.5, 0.6) is 11.5 Å². The monoisotopic (exact) mass is 421 g/mol. The summed E-state index contributed by atoms with van der Waals surface area (Å²) in [7, 11) is 1.66. The molecule has 1 N–H and O–H groups in total. The van der Waals surface area contributed by atoms with Gasteiger partial charge in [0.05, 0.1) is 20.3 Å². The summed E-state index contributed by atoms with van der Waals surface area (Å²) < 4.78 is 22.1. The lowest BCUT2D eigenvalue weighted by atomic mass is 9.90. The van der Waals surface area contributed by atoms with E-state index in [0.717, 1.165) is 33.7 Å². The van der Waals surface area contributed by atoms with Crippen molar-refractivity contribution in [2.24, 2.45) is 5.41 Å². The SMILES string of the molecule is CCOC(=O)c1cc2cc(NCC3=CC(C)(C)COc4ccc(OC)cc43)ccc2o1. The highest BCUT2D eigenvalue weighted by molar-refractivity contribution is 5.93. The van der Waals surface area contributed by atoms with Gasteiger partial charge in [-0.3, -0.25) is 0 Å². The maximum atomic E-state index is 11.9. The zero-order chi connectivity index (χ0) is 22.0. The number of benzene rings is 2. The number of esters is 1. The van der Waals surface area contributed by atoms with Crippen LogP contribution >= 0.6 is 0 Å². The van der Waals surface area contributed by atoms with Crippen LogP contribution in [0.4, 0.5) is 5.69 Å². The van der Waals surface area contributed by atoms with Gasteiger partial charge in [0.25, 0.3) is 0 Å². The van der Waals surface area contributed by atoms with Gasteiger partial charge in [-0.05, 0) is 55.0 Å². The van der Waals surface area contributed by atoms with E-state index in [4.69, 9.17) is 18.6 Å². The number of ether oxygens (including phenoxy) is 3. The van der Waals surface area contributed by atoms with E-state index >= 15 is 0 Å². The predicted molar refractivity (Wildman–Crippen MR) is 121 cm³/mol. The van der Waals surface area contributed by atoms with Gasteiger partial charge in [-0.15, -0.1) is 0 Å². The molecule has 31 heavy (non-hydrogen) atoms. The summed E-state index contributed by atoms with van der Waals surface area (Å²) >= 11 is 0. The second-order valence-corrected chi connectivity index (χ2v) is 8.25. The quantitative estimate of drug-likeness (QED) is 0.528. The van der Waals surface area contributed by atoms with Crippen molar-refractivity contribution in [2.45, 2.75) is 20.8 Å². The zero-order valence-corrected chi connectivity index (χ0v) is 18.3. The highest BCUT2D eigenvalue weighted by Crippen LogP contribution is 2.37. The molecular formula is C25H27NO5. The molecule has 0 bridgehead atoms. The van der Waals surface area contributed by atoms with Gasteiger partial charge in [-0.25, -0.2) is 4.79 Å². The molecule has 1 aliphatic rings. The Kier molecular flexibility index (Phi) is 5.63. The van der Waals surface area contributed by atoms with Gasteiger partial charge in [-0.2, -0.15) is 0 Å². The molecule has 2 aromatic carbocycles. The number of fused-ring (bicyclic) bond motifs is 2. The molecule has 4 rings (SSSR count). The third-order valence-electron chi connectivity index (χ3n) is 5.17. The van der Waals surface area contributed by atoms with E-state index in [-0.39, 0.29) is 11.2 Å². The largest absolute Gasteiger partial charge is 0.497 e. The molecular weight excluding hydrogens is 394 g/mol. The standard InChI is InChI=1S/C25H27NO5/c1-5-29-24(27)23-11-16-10-18(6-8-21(16)31-23)26-14-17-13-25(2,3)15-30-22-9-7-19(28-4)12-20(17)22/h6-13,26H,5,14-15H2,1-4H3. The normalized spacial score (nSPS) is 14.8. The number of carbonyl (C=O) groups is 1. The first-order chi connectivity index (χ1) is 14.9. The van der Waals surface area contributed by atoms with Crippen molar-refractivity contribution < 1.29 is 23.4 Å². The summed E-state index contributed by atoms with van der Waals surface area (Å²) in [6, 6.07) is 13.3. The van der Waals surface area contributed by atoms with Crippen LogP contribution in [-0.4, -0.2) is 32.8 Å². The van der Waals surface area contributed by atoms with Gasteiger partial charge in [0.15, 0.2) is 0 Å². The van der Waals surface area contributed by atoms with Crippen LogP contribution in [0.1, 0.15) is 36.9 Å². The van der Waals surface area contributed by atoms with Gasteiger partial charge in [0.1, 0.15) is 17.1 Å². The molecule has 0 unspecified atom stereocenters. The molecule has 0 fully saturated rings. The van der Waals surface area contributed by atoms with Gasteiger partial charge >= 0.3 is 5.97 Å². The molecule has 6 heteroatoms. The Hall–Kier alpha value is -3.41. The van der Waals surface area contributed by atoms with Crippen molar-refractivity contribution in [2.75, 3.05) is 32.2 Å². The zero-order valence-electron chi connectivity index (χ0n) is 18.3. The van der Waals surface area contributed by atoms with Gasteiger partial charge in [0, 0.05) is 28.6 Å². The topological polar surface area (TPSA) is 69.9 Å². The van der Waals surface area contributed by atoms with E-state index in [1.165, 1.54) is 0 Å². The van der Waals surface area contributed by atoms with E-state index in [9.17, 15) is 4.79 Å². The number of furan rings is 1. The number of nitrogens with one attached hydrogen (secondary N) is 1. The van der Waals surface area contributed by atoms with Crippen molar-refractivity contribution >= 4 is 28.2 Å². The highest BCUT2D eigenvalue weighted by atomic mass is 16.5. The lowest BCUT2D eigenvalue weighted by Crippen LogP contribution is -2.18. The minimum absolute atomic E-state index is 0.105. The molecule has 0 atom stereocenters. The second-order valence-electron chi connectivity index (χ2n) is 8.25. The van der Waals surface area contributed by atoms with Crippen molar-refractivity contribution in [1.82, 2.24) is 0 Å². The number of rotatable bonds is 6. The third kappa shape index (κ3) is 4.53. The van der Waals surface area contributed by atoms with E-state index in [0.29, 0.717) is 25.3 Å². The van der Waals surface area contributed by atoms with Crippen LogP contribution in [-0.2, 0) is 4.74 Å². The minimum Gasteiger partial charge on any atom is -0.497 e.